The average Bonchev–Trinajstić information content (AvgIpc) is 3.21. The minimum absolute atomic E-state index is 0.108. The molecule has 123 valence electrons. The molecule has 9 heteroatoms. The van der Waals surface area contributed by atoms with E-state index in [1.165, 1.54) is 0 Å². The normalized spacial score (nSPS) is 11.8. The molecule has 0 saturated carbocycles. The van der Waals surface area contributed by atoms with Crippen molar-refractivity contribution in [1.29, 1.82) is 0 Å². The maximum absolute atomic E-state index is 12.5. The van der Waals surface area contributed by atoms with Crippen LogP contribution in [0, 0.1) is 0 Å². The molecule has 0 aliphatic carbocycles. The lowest BCUT2D eigenvalue weighted by atomic mass is 9.83. The van der Waals surface area contributed by atoms with Gasteiger partial charge >= 0.3 is 19.5 Å². The lowest BCUT2D eigenvalue weighted by Gasteiger charge is -2.00. The van der Waals surface area contributed by atoms with Crippen LogP contribution in [0.5, 0.6) is 0 Å². The zero-order chi connectivity index (χ0) is 17.4. The van der Waals surface area contributed by atoms with Crippen LogP contribution in [0.1, 0.15) is 5.89 Å². The number of benzene rings is 2. The van der Waals surface area contributed by atoms with Crippen LogP contribution in [0.25, 0.3) is 22.3 Å². The minimum Gasteiger partial charge on any atom is -0.329 e. The van der Waals surface area contributed by atoms with Gasteiger partial charge < -0.3 is 9.12 Å². The van der Waals surface area contributed by atoms with Crippen molar-refractivity contribution in [1.82, 2.24) is 19.8 Å². The number of rotatable bonds is 3. The van der Waals surface area contributed by atoms with Gasteiger partial charge in [0.25, 0.3) is 0 Å². The van der Waals surface area contributed by atoms with Crippen molar-refractivity contribution in [2.45, 2.75) is 6.18 Å². The quantitative estimate of drug-likeness (QED) is 0.538. The minimum atomic E-state index is -4.65. The fourth-order valence-corrected chi connectivity index (χ4v) is 2.38. The van der Waals surface area contributed by atoms with Gasteiger partial charge in [-0.25, -0.2) is 0 Å². The summed E-state index contributed by atoms with van der Waals surface area (Å²) in [5.74, 6) is -1.47. The first-order chi connectivity index (χ1) is 12.0. The van der Waals surface area contributed by atoms with Gasteiger partial charge in [-0.3, -0.25) is 0 Å². The molecule has 0 unspecified atom stereocenters. The SMILES string of the molecule is FC(F)(F)c1nc(-c2ccc([B]n3cc4ccccc4n3)cc2)no1. The van der Waals surface area contributed by atoms with Crippen LogP contribution in [0.2, 0.25) is 0 Å². The van der Waals surface area contributed by atoms with Crippen LogP contribution in [0.4, 0.5) is 13.2 Å². The Labute approximate surface area is 140 Å². The predicted octanol–water partition coefficient (Wildman–Crippen LogP) is 2.90. The van der Waals surface area contributed by atoms with Gasteiger partial charge in [0.1, 0.15) is 0 Å². The van der Waals surface area contributed by atoms with Crippen molar-refractivity contribution in [2.75, 3.05) is 0 Å². The molecule has 2 aromatic carbocycles. The Kier molecular flexibility index (Phi) is 3.56. The number of nitrogens with zero attached hydrogens (tertiary/aromatic N) is 4. The van der Waals surface area contributed by atoms with Crippen molar-refractivity contribution in [2.24, 2.45) is 0 Å². The first-order valence-electron chi connectivity index (χ1n) is 7.29. The highest BCUT2D eigenvalue weighted by Crippen LogP contribution is 2.29. The number of fused-ring (bicyclic) bond motifs is 1. The first-order valence-corrected chi connectivity index (χ1v) is 7.29. The van der Waals surface area contributed by atoms with E-state index < -0.39 is 12.1 Å². The van der Waals surface area contributed by atoms with Gasteiger partial charge in [-0.05, 0) is 6.07 Å². The fraction of sp³-hybridized carbons (Fsp3) is 0.0625. The van der Waals surface area contributed by atoms with Crippen LogP contribution in [-0.2, 0) is 6.18 Å². The molecule has 0 bridgehead atoms. The summed E-state index contributed by atoms with van der Waals surface area (Å²) in [5.41, 5.74) is 2.14. The number of aromatic nitrogens is 4. The number of halogens is 3. The highest BCUT2D eigenvalue weighted by molar-refractivity contribution is 6.51. The summed E-state index contributed by atoms with van der Waals surface area (Å²) in [5, 5.41) is 8.79. The Morgan fingerprint density at radius 2 is 1.76 bits per heavy atom. The van der Waals surface area contributed by atoms with E-state index in [2.05, 4.69) is 19.8 Å². The van der Waals surface area contributed by atoms with E-state index in [9.17, 15) is 13.2 Å². The zero-order valence-electron chi connectivity index (χ0n) is 12.6. The molecular formula is C16H9BF3N4O. The Morgan fingerprint density at radius 1 is 1.00 bits per heavy atom. The molecule has 2 heterocycles. The van der Waals surface area contributed by atoms with Crippen LogP contribution in [0.15, 0.2) is 59.3 Å². The second-order valence-corrected chi connectivity index (χ2v) is 5.34. The second kappa shape index (κ2) is 5.76. The van der Waals surface area contributed by atoms with Crippen LogP contribution in [-0.4, -0.2) is 27.2 Å². The van der Waals surface area contributed by atoms with E-state index in [0.29, 0.717) is 5.56 Å². The molecule has 4 aromatic rings. The van der Waals surface area contributed by atoms with Crippen LogP contribution in [0.3, 0.4) is 0 Å². The molecule has 0 amide bonds. The first kappa shape index (κ1) is 15.4. The smallest absolute Gasteiger partial charge is 0.329 e. The summed E-state index contributed by atoms with van der Waals surface area (Å²) >= 11 is 0. The summed E-state index contributed by atoms with van der Waals surface area (Å²) in [6, 6.07) is 14.5. The third-order valence-electron chi connectivity index (χ3n) is 3.55. The Morgan fingerprint density at radius 3 is 2.44 bits per heavy atom. The number of hydrogen-bond acceptors (Lipinski definition) is 4. The Hall–Kier alpha value is -3.10. The predicted molar refractivity (Wildman–Crippen MR) is 85.3 cm³/mol. The third kappa shape index (κ3) is 3.12. The van der Waals surface area contributed by atoms with Crippen molar-refractivity contribution >= 4 is 23.8 Å². The highest BCUT2D eigenvalue weighted by Gasteiger charge is 2.38. The molecule has 2 aromatic heterocycles. The summed E-state index contributed by atoms with van der Waals surface area (Å²) in [4.78, 5) is 3.36. The van der Waals surface area contributed by atoms with E-state index in [-0.39, 0.29) is 5.82 Å². The lowest BCUT2D eigenvalue weighted by Crippen LogP contribution is -2.22. The van der Waals surface area contributed by atoms with E-state index >= 15 is 0 Å². The molecule has 0 aliphatic rings. The molecule has 0 aliphatic heterocycles. The molecule has 0 saturated heterocycles. The van der Waals surface area contributed by atoms with Crippen LogP contribution < -0.4 is 5.46 Å². The van der Waals surface area contributed by atoms with E-state index in [0.717, 1.165) is 16.4 Å². The highest BCUT2D eigenvalue weighted by atomic mass is 19.4. The second-order valence-electron chi connectivity index (χ2n) is 5.34. The Bertz CT molecular complexity index is 991. The molecule has 4 rings (SSSR count). The van der Waals surface area contributed by atoms with E-state index in [1.807, 2.05) is 30.5 Å². The largest absolute Gasteiger partial charge is 0.471 e. The molecule has 0 fully saturated rings. The van der Waals surface area contributed by atoms with Crippen LogP contribution >= 0.6 is 0 Å². The zero-order valence-corrected chi connectivity index (χ0v) is 12.6. The summed E-state index contributed by atoms with van der Waals surface area (Å²) < 4.78 is 43.4. The van der Waals surface area contributed by atoms with Gasteiger partial charge in [0, 0.05) is 17.1 Å². The average molecular weight is 341 g/mol. The van der Waals surface area contributed by atoms with Gasteiger partial charge in [0.15, 0.2) is 0 Å². The van der Waals surface area contributed by atoms with Crippen molar-refractivity contribution in [3.8, 4) is 11.4 Å². The topological polar surface area (TPSA) is 56.7 Å². The molecule has 0 spiro atoms. The van der Waals surface area contributed by atoms with Gasteiger partial charge in [-0.2, -0.15) is 23.3 Å². The lowest BCUT2D eigenvalue weighted by molar-refractivity contribution is -0.159. The maximum Gasteiger partial charge on any atom is 0.471 e. The standard InChI is InChI=1S/C16H9BF3N4O/c18-16(19,20)15-21-14(23-25-15)10-5-7-12(8-6-10)17-24-9-11-3-1-2-4-13(11)22-24/h1-9H. The molecule has 0 N–H and O–H groups in total. The summed E-state index contributed by atoms with van der Waals surface area (Å²) in [6.07, 6.45) is -2.76. The number of hydrogen-bond donors (Lipinski definition) is 0. The van der Waals surface area contributed by atoms with Gasteiger partial charge in [-0.1, -0.05) is 53.1 Å². The van der Waals surface area contributed by atoms with Crippen molar-refractivity contribution in [3.63, 3.8) is 0 Å². The van der Waals surface area contributed by atoms with Crippen molar-refractivity contribution < 1.29 is 17.7 Å². The molecule has 1 radical (unpaired) electrons. The number of alkyl halides is 3. The van der Waals surface area contributed by atoms with E-state index in [4.69, 9.17) is 0 Å². The maximum atomic E-state index is 12.5. The molecule has 5 nitrogen and oxygen atoms in total. The summed E-state index contributed by atoms with van der Waals surface area (Å²) in [6.45, 7) is 0. The fourth-order valence-electron chi connectivity index (χ4n) is 2.38. The third-order valence-corrected chi connectivity index (χ3v) is 3.55. The summed E-state index contributed by atoms with van der Waals surface area (Å²) in [7, 11) is 1.81. The van der Waals surface area contributed by atoms with Crippen molar-refractivity contribution in [3.05, 3.63) is 60.6 Å². The van der Waals surface area contributed by atoms with Gasteiger partial charge in [0.05, 0.1) is 5.52 Å². The molecule has 0 atom stereocenters. The van der Waals surface area contributed by atoms with Gasteiger partial charge in [0.2, 0.25) is 5.82 Å². The molecular weight excluding hydrogens is 332 g/mol. The monoisotopic (exact) mass is 341 g/mol. The van der Waals surface area contributed by atoms with Gasteiger partial charge in [-0.15, -0.1) is 0 Å². The Balaban J connectivity index is 1.54. The van der Waals surface area contributed by atoms with E-state index in [1.54, 1.807) is 36.3 Å². The molecule has 25 heavy (non-hydrogen) atoms.